The molecule has 0 fully saturated rings. The van der Waals surface area contributed by atoms with Crippen LogP contribution >= 0.6 is 0 Å². The van der Waals surface area contributed by atoms with E-state index in [-0.39, 0.29) is 11.8 Å². The van der Waals surface area contributed by atoms with Crippen molar-refractivity contribution in [2.45, 2.75) is 52.5 Å². The fraction of sp³-hybridized carbons (Fsp3) is 0.379. The summed E-state index contributed by atoms with van der Waals surface area (Å²) in [6.45, 7) is 6.14. The number of nitrogens with zero attached hydrogens (tertiary/aromatic N) is 2. The van der Waals surface area contributed by atoms with E-state index in [1.54, 1.807) is 0 Å². The van der Waals surface area contributed by atoms with Gasteiger partial charge in [0.15, 0.2) is 0 Å². The minimum Gasteiger partial charge on any atom is -0.493 e. The Balaban J connectivity index is 1.31. The van der Waals surface area contributed by atoms with Gasteiger partial charge < -0.3 is 14.6 Å². The van der Waals surface area contributed by atoms with Crippen LogP contribution in [0.2, 0.25) is 0 Å². The van der Waals surface area contributed by atoms with Crippen molar-refractivity contribution in [3.05, 3.63) is 72.6 Å². The summed E-state index contributed by atoms with van der Waals surface area (Å²) in [4.78, 5) is 16.6. The number of ether oxygens (including phenoxy) is 1. The SMILES string of the molecule is CC(C)C(=O)NCCCCCc1nc2ccccc2n1CCCOc1cccc2ccccc12. The van der Waals surface area contributed by atoms with Crippen molar-refractivity contribution in [1.29, 1.82) is 0 Å². The van der Waals surface area contributed by atoms with Crippen LogP contribution in [0.1, 0.15) is 45.4 Å². The van der Waals surface area contributed by atoms with Gasteiger partial charge in [0, 0.05) is 30.8 Å². The van der Waals surface area contributed by atoms with Crippen LogP contribution in [0, 0.1) is 5.92 Å². The lowest BCUT2D eigenvalue weighted by atomic mass is 10.1. The zero-order chi connectivity index (χ0) is 23.8. The maximum Gasteiger partial charge on any atom is 0.222 e. The molecule has 0 unspecified atom stereocenters. The Morgan fingerprint density at radius 1 is 0.941 bits per heavy atom. The van der Waals surface area contributed by atoms with Crippen molar-refractivity contribution in [2.24, 2.45) is 5.92 Å². The molecule has 3 aromatic carbocycles. The summed E-state index contributed by atoms with van der Waals surface area (Å²) in [6, 6.07) is 22.9. The van der Waals surface area contributed by atoms with E-state index in [1.165, 1.54) is 10.9 Å². The molecule has 34 heavy (non-hydrogen) atoms. The number of imidazole rings is 1. The molecule has 0 radical (unpaired) electrons. The van der Waals surface area contributed by atoms with Crippen molar-refractivity contribution < 1.29 is 9.53 Å². The molecule has 0 saturated carbocycles. The molecule has 178 valence electrons. The van der Waals surface area contributed by atoms with E-state index < -0.39 is 0 Å². The number of para-hydroxylation sites is 2. The molecule has 0 spiro atoms. The minimum absolute atomic E-state index is 0.0458. The number of nitrogens with one attached hydrogen (secondary N) is 1. The van der Waals surface area contributed by atoms with Gasteiger partial charge in [0.25, 0.3) is 0 Å². The summed E-state index contributed by atoms with van der Waals surface area (Å²) in [7, 11) is 0. The van der Waals surface area contributed by atoms with Gasteiger partial charge in [-0.05, 0) is 42.8 Å². The second kappa shape index (κ2) is 11.7. The standard InChI is InChI=1S/C29H35N3O2/c1-22(2)29(33)30-19-9-3-4-18-28-31-25-15-7-8-16-26(25)32(28)20-11-21-34-27-17-10-13-23-12-5-6-14-24(23)27/h5-8,10,12-17,22H,3-4,9,11,18-21H2,1-2H3,(H,30,33). The molecule has 1 aromatic heterocycles. The van der Waals surface area contributed by atoms with E-state index in [1.807, 2.05) is 32.0 Å². The van der Waals surface area contributed by atoms with Crippen LogP contribution in [0.15, 0.2) is 66.7 Å². The average molecular weight is 458 g/mol. The smallest absolute Gasteiger partial charge is 0.222 e. The highest BCUT2D eigenvalue weighted by molar-refractivity contribution is 5.88. The number of unbranched alkanes of at least 4 members (excludes halogenated alkanes) is 2. The summed E-state index contributed by atoms with van der Waals surface area (Å²) in [6.07, 6.45) is 4.99. The van der Waals surface area contributed by atoms with Gasteiger partial charge in [-0.15, -0.1) is 0 Å². The van der Waals surface area contributed by atoms with Crippen LogP contribution in [0.5, 0.6) is 5.75 Å². The largest absolute Gasteiger partial charge is 0.493 e. The van der Waals surface area contributed by atoms with E-state index in [0.717, 1.165) is 67.7 Å². The van der Waals surface area contributed by atoms with Crippen molar-refractivity contribution in [3.63, 3.8) is 0 Å². The van der Waals surface area contributed by atoms with Gasteiger partial charge in [-0.1, -0.05) is 68.8 Å². The summed E-state index contributed by atoms with van der Waals surface area (Å²) < 4.78 is 8.51. The second-order valence-electron chi connectivity index (χ2n) is 9.10. The van der Waals surface area contributed by atoms with Crippen LogP contribution < -0.4 is 10.1 Å². The van der Waals surface area contributed by atoms with Crippen LogP contribution in [-0.4, -0.2) is 28.6 Å². The average Bonchev–Trinajstić information content (AvgIpc) is 3.21. The summed E-state index contributed by atoms with van der Waals surface area (Å²) in [5.41, 5.74) is 2.24. The van der Waals surface area contributed by atoms with Gasteiger partial charge >= 0.3 is 0 Å². The lowest BCUT2D eigenvalue weighted by Gasteiger charge is -2.12. The summed E-state index contributed by atoms with van der Waals surface area (Å²) in [5.74, 6) is 2.26. The van der Waals surface area contributed by atoms with E-state index in [2.05, 4.69) is 58.4 Å². The molecule has 1 amide bonds. The maximum absolute atomic E-state index is 11.7. The summed E-state index contributed by atoms with van der Waals surface area (Å²) >= 11 is 0. The molecule has 1 N–H and O–H groups in total. The second-order valence-corrected chi connectivity index (χ2v) is 9.10. The molecule has 0 aliphatic heterocycles. The number of aryl methyl sites for hydroxylation is 2. The monoisotopic (exact) mass is 457 g/mol. The van der Waals surface area contributed by atoms with Crippen LogP contribution in [-0.2, 0) is 17.8 Å². The lowest BCUT2D eigenvalue weighted by Crippen LogP contribution is -2.28. The van der Waals surface area contributed by atoms with E-state index in [0.29, 0.717) is 6.61 Å². The molecular weight excluding hydrogens is 422 g/mol. The molecule has 0 saturated heterocycles. The predicted molar refractivity (Wildman–Crippen MR) is 139 cm³/mol. The van der Waals surface area contributed by atoms with Crippen molar-refractivity contribution in [1.82, 2.24) is 14.9 Å². The van der Waals surface area contributed by atoms with Crippen LogP contribution in [0.3, 0.4) is 0 Å². The Bertz CT molecular complexity index is 1220. The molecule has 5 heteroatoms. The highest BCUT2D eigenvalue weighted by Crippen LogP contribution is 2.25. The number of aromatic nitrogens is 2. The molecule has 0 bridgehead atoms. The number of amides is 1. The zero-order valence-electron chi connectivity index (χ0n) is 20.3. The Hall–Kier alpha value is -3.34. The summed E-state index contributed by atoms with van der Waals surface area (Å²) in [5, 5.41) is 5.36. The fourth-order valence-corrected chi connectivity index (χ4v) is 4.29. The quantitative estimate of drug-likeness (QED) is 0.260. The van der Waals surface area contributed by atoms with Crippen molar-refractivity contribution in [3.8, 4) is 5.75 Å². The first-order valence-corrected chi connectivity index (χ1v) is 12.5. The Morgan fingerprint density at radius 2 is 1.74 bits per heavy atom. The first-order valence-electron chi connectivity index (χ1n) is 12.5. The third kappa shape index (κ3) is 5.96. The minimum atomic E-state index is 0.0458. The molecule has 4 rings (SSSR count). The third-order valence-electron chi connectivity index (χ3n) is 6.17. The highest BCUT2D eigenvalue weighted by Gasteiger charge is 2.11. The molecular formula is C29H35N3O2. The van der Waals surface area contributed by atoms with Crippen molar-refractivity contribution >= 4 is 27.7 Å². The van der Waals surface area contributed by atoms with Gasteiger partial charge in [-0.2, -0.15) is 0 Å². The Labute approximate surface area is 202 Å². The fourth-order valence-electron chi connectivity index (χ4n) is 4.29. The first-order chi connectivity index (χ1) is 16.6. The predicted octanol–water partition coefficient (Wildman–Crippen LogP) is 6.14. The number of fused-ring (bicyclic) bond motifs is 2. The van der Waals surface area contributed by atoms with E-state index in [9.17, 15) is 4.79 Å². The zero-order valence-corrected chi connectivity index (χ0v) is 20.3. The number of hydrogen-bond donors (Lipinski definition) is 1. The molecule has 0 atom stereocenters. The van der Waals surface area contributed by atoms with Gasteiger partial charge in [0.1, 0.15) is 11.6 Å². The molecule has 4 aromatic rings. The van der Waals surface area contributed by atoms with Crippen molar-refractivity contribution in [2.75, 3.05) is 13.2 Å². The number of benzene rings is 3. The van der Waals surface area contributed by atoms with E-state index in [4.69, 9.17) is 9.72 Å². The molecule has 1 heterocycles. The number of rotatable bonds is 12. The van der Waals surface area contributed by atoms with Gasteiger partial charge in [0.05, 0.1) is 17.6 Å². The number of hydrogen-bond acceptors (Lipinski definition) is 3. The number of carbonyl (C=O) groups is 1. The molecule has 0 aliphatic carbocycles. The normalized spacial score (nSPS) is 11.4. The van der Waals surface area contributed by atoms with Gasteiger partial charge in [-0.3, -0.25) is 4.79 Å². The lowest BCUT2D eigenvalue weighted by molar-refractivity contribution is -0.123. The maximum atomic E-state index is 11.7. The van der Waals surface area contributed by atoms with E-state index >= 15 is 0 Å². The first kappa shape index (κ1) is 23.8. The van der Waals surface area contributed by atoms with Crippen LogP contribution in [0.25, 0.3) is 21.8 Å². The highest BCUT2D eigenvalue weighted by atomic mass is 16.5. The topological polar surface area (TPSA) is 56.2 Å². The van der Waals surface area contributed by atoms with Gasteiger partial charge in [0.2, 0.25) is 5.91 Å². The third-order valence-corrected chi connectivity index (χ3v) is 6.17. The number of carbonyl (C=O) groups excluding carboxylic acids is 1. The molecule has 0 aliphatic rings. The van der Waals surface area contributed by atoms with Gasteiger partial charge in [-0.25, -0.2) is 4.98 Å². The Morgan fingerprint density at radius 3 is 2.62 bits per heavy atom. The van der Waals surface area contributed by atoms with Crippen LogP contribution in [0.4, 0.5) is 0 Å². The Kier molecular flexibility index (Phi) is 8.18. The molecule has 5 nitrogen and oxygen atoms in total.